The lowest BCUT2D eigenvalue weighted by Gasteiger charge is -2.08. The molecule has 0 fully saturated rings. The summed E-state index contributed by atoms with van der Waals surface area (Å²) in [4.78, 5) is 0. The maximum absolute atomic E-state index is 6.16. The molecule has 0 unspecified atom stereocenters. The van der Waals surface area contributed by atoms with E-state index in [1.807, 2.05) is 12.1 Å². The van der Waals surface area contributed by atoms with Gasteiger partial charge >= 0.3 is 0 Å². The maximum atomic E-state index is 6.16. The minimum Gasteiger partial charge on any atom is -0.454 e. The molecular formula is C12H8Br2ClNO3. The van der Waals surface area contributed by atoms with Crippen molar-refractivity contribution in [1.29, 1.82) is 0 Å². The van der Waals surface area contributed by atoms with Crippen molar-refractivity contribution in [3.8, 4) is 11.5 Å². The Balaban J connectivity index is 1.76. The average molecular weight is 409 g/mol. The average Bonchev–Trinajstić information content (AvgIpc) is 2.93. The molecule has 2 heterocycles. The molecule has 1 aromatic carbocycles. The Morgan fingerprint density at radius 2 is 1.89 bits per heavy atom. The molecule has 1 aliphatic rings. The Hall–Kier alpha value is -0.850. The first-order chi connectivity index (χ1) is 9.13. The fourth-order valence-corrected chi connectivity index (χ4v) is 2.59. The number of furan rings is 1. The van der Waals surface area contributed by atoms with Crippen LogP contribution >= 0.6 is 43.5 Å². The molecule has 100 valence electrons. The normalized spacial score (nSPS) is 12.8. The van der Waals surface area contributed by atoms with Gasteiger partial charge in [-0.25, -0.2) is 0 Å². The monoisotopic (exact) mass is 407 g/mol. The van der Waals surface area contributed by atoms with Crippen molar-refractivity contribution in [2.45, 2.75) is 6.54 Å². The number of nitrogens with one attached hydrogen (secondary N) is 1. The standard InChI is InChI=1S/C12H8Br2ClNO3/c13-7-1-6(19-12(7)14)4-16-9-3-11-10(2-8(9)15)17-5-18-11/h1-3,16H,4-5H2. The van der Waals surface area contributed by atoms with Gasteiger partial charge in [-0.3, -0.25) is 0 Å². The molecule has 2 aromatic rings. The number of benzene rings is 1. The van der Waals surface area contributed by atoms with Crippen LogP contribution in [0.1, 0.15) is 5.76 Å². The number of ether oxygens (including phenoxy) is 2. The van der Waals surface area contributed by atoms with Gasteiger partial charge in [0, 0.05) is 12.1 Å². The second-order valence-corrected chi connectivity index (χ2v) is 5.86. The minimum absolute atomic E-state index is 0.229. The molecule has 0 atom stereocenters. The van der Waals surface area contributed by atoms with Crippen LogP contribution in [0.3, 0.4) is 0 Å². The van der Waals surface area contributed by atoms with Crippen LogP contribution in [-0.4, -0.2) is 6.79 Å². The zero-order chi connectivity index (χ0) is 13.4. The highest BCUT2D eigenvalue weighted by atomic mass is 79.9. The van der Waals surface area contributed by atoms with E-state index >= 15 is 0 Å². The minimum atomic E-state index is 0.229. The number of halogens is 3. The van der Waals surface area contributed by atoms with Gasteiger partial charge in [0.25, 0.3) is 0 Å². The molecule has 0 radical (unpaired) electrons. The molecule has 0 amide bonds. The van der Waals surface area contributed by atoms with Gasteiger partial charge in [-0.2, -0.15) is 0 Å². The van der Waals surface area contributed by atoms with Gasteiger partial charge in [-0.15, -0.1) is 0 Å². The summed E-state index contributed by atoms with van der Waals surface area (Å²) in [5.74, 6) is 2.14. The number of hydrogen-bond acceptors (Lipinski definition) is 4. The molecule has 4 nitrogen and oxygen atoms in total. The molecule has 1 aliphatic heterocycles. The molecule has 1 aromatic heterocycles. The van der Waals surface area contributed by atoms with E-state index in [0.717, 1.165) is 15.9 Å². The second-order valence-electron chi connectivity index (χ2n) is 3.87. The van der Waals surface area contributed by atoms with Crippen LogP contribution < -0.4 is 14.8 Å². The Kier molecular flexibility index (Phi) is 3.64. The number of rotatable bonds is 3. The van der Waals surface area contributed by atoms with Crippen molar-refractivity contribution < 1.29 is 13.9 Å². The zero-order valence-corrected chi connectivity index (χ0v) is 13.4. The maximum Gasteiger partial charge on any atom is 0.231 e. The fourth-order valence-electron chi connectivity index (χ4n) is 1.71. The lowest BCUT2D eigenvalue weighted by Crippen LogP contribution is -1.98. The highest BCUT2D eigenvalue weighted by Crippen LogP contribution is 2.39. The topological polar surface area (TPSA) is 43.6 Å². The molecule has 0 spiro atoms. The molecule has 1 N–H and O–H groups in total. The Morgan fingerprint density at radius 3 is 2.58 bits per heavy atom. The van der Waals surface area contributed by atoms with Crippen molar-refractivity contribution in [2.75, 3.05) is 12.1 Å². The van der Waals surface area contributed by atoms with Gasteiger partial charge in [0.15, 0.2) is 16.2 Å². The first kappa shape index (κ1) is 13.1. The quantitative estimate of drug-likeness (QED) is 0.791. The Labute approximate surface area is 131 Å². The van der Waals surface area contributed by atoms with Crippen molar-refractivity contribution in [3.63, 3.8) is 0 Å². The molecular weight excluding hydrogens is 401 g/mol. The number of hydrogen-bond donors (Lipinski definition) is 1. The first-order valence-corrected chi connectivity index (χ1v) is 7.36. The van der Waals surface area contributed by atoms with E-state index in [9.17, 15) is 0 Å². The van der Waals surface area contributed by atoms with Crippen molar-refractivity contribution >= 4 is 49.1 Å². The third-order valence-electron chi connectivity index (χ3n) is 2.61. The highest BCUT2D eigenvalue weighted by molar-refractivity contribution is 9.13. The smallest absolute Gasteiger partial charge is 0.231 e. The summed E-state index contributed by atoms with van der Waals surface area (Å²) in [5.41, 5.74) is 0.773. The van der Waals surface area contributed by atoms with E-state index in [-0.39, 0.29) is 6.79 Å². The Morgan fingerprint density at radius 1 is 1.16 bits per heavy atom. The third kappa shape index (κ3) is 2.70. The van der Waals surface area contributed by atoms with Gasteiger partial charge in [0.2, 0.25) is 6.79 Å². The molecule has 0 bridgehead atoms. The summed E-state index contributed by atoms with van der Waals surface area (Å²) in [5, 5.41) is 3.77. The second kappa shape index (κ2) is 5.26. The van der Waals surface area contributed by atoms with Crippen LogP contribution in [0, 0.1) is 0 Å². The predicted molar refractivity (Wildman–Crippen MR) is 79.0 cm³/mol. The molecule has 0 saturated carbocycles. The van der Waals surface area contributed by atoms with Gasteiger partial charge in [-0.05, 0) is 37.9 Å². The van der Waals surface area contributed by atoms with Gasteiger partial charge in [-0.1, -0.05) is 11.6 Å². The largest absolute Gasteiger partial charge is 0.454 e. The first-order valence-electron chi connectivity index (χ1n) is 5.40. The molecule has 3 rings (SSSR count). The van der Waals surface area contributed by atoms with Gasteiger partial charge in [0.05, 0.1) is 21.7 Å². The predicted octanol–water partition coefficient (Wildman–Crippen LogP) is 4.80. The van der Waals surface area contributed by atoms with E-state index in [2.05, 4.69) is 37.2 Å². The van der Waals surface area contributed by atoms with Crippen LogP contribution in [-0.2, 0) is 6.54 Å². The lowest BCUT2D eigenvalue weighted by atomic mass is 10.2. The van der Waals surface area contributed by atoms with E-state index in [1.165, 1.54) is 0 Å². The van der Waals surface area contributed by atoms with Crippen molar-refractivity contribution in [2.24, 2.45) is 0 Å². The van der Waals surface area contributed by atoms with Gasteiger partial charge < -0.3 is 19.2 Å². The molecule has 7 heteroatoms. The van der Waals surface area contributed by atoms with Crippen LogP contribution in [0.5, 0.6) is 11.5 Å². The summed E-state index contributed by atoms with van der Waals surface area (Å²) in [6.07, 6.45) is 0. The van der Waals surface area contributed by atoms with Gasteiger partial charge in [0.1, 0.15) is 5.76 Å². The van der Waals surface area contributed by atoms with E-state index in [4.69, 9.17) is 25.5 Å². The van der Waals surface area contributed by atoms with Crippen LogP contribution in [0.2, 0.25) is 5.02 Å². The summed E-state index contributed by atoms with van der Waals surface area (Å²) >= 11 is 12.8. The summed E-state index contributed by atoms with van der Waals surface area (Å²) in [6.45, 7) is 0.747. The zero-order valence-electron chi connectivity index (χ0n) is 9.50. The molecule has 19 heavy (non-hydrogen) atoms. The number of anilines is 1. The SMILES string of the molecule is Clc1cc2c(cc1NCc1cc(Br)c(Br)o1)OCO2. The molecule has 0 saturated heterocycles. The van der Waals surface area contributed by atoms with E-state index < -0.39 is 0 Å². The fraction of sp³-hybridized carbons (Fsp3) is 0.167. The summed E-state index contributed by atoms with van der Waals surface area (Å²) < 4.78 is 17.6. The lowest BCUT2D eigenvalue weighted by molar-refractivity contribution is 0.174. The van der Waals surface area contributed by atoms with Crippen LogP contribution in [0.25, 0.3) is 0 Å². The highest BCUT2D eigenvalue weighted by Gasteiger charge is 2.16. The van der Waals surface area contributed by atoms with Crippen LogP contribution in [0.4, 0.5) is 5.69 Å². The van der Waals surface area contributed by atoms with Crippen LogP contribution in [0.15, 0.2) is 31.8 Å². The Bertz CT molecular complexity index is 610. The van der Waals surface area contributed by atoms with E-state index in [1.54, 1.807) is 6.07 Å². The van der Waals surface area contributed by atoms with Crippen molar-refractivity contribution in [3.05, 3.63) is 38.1 Å². The summed E-state index contributed by atoms with van der Waals surface area (Å²) in [7, 11) is 0. The summed E-state index contributed by atoms with van der Waals surface area (Å²) in [6, 6.07) is 5.44. The molecule has 0 aliphatic carbocycles. The third-order valence-corrected chi connectivity index (χ3v) is 4.63. The number of fused-ring (bicyclic) bond motifs is 1. The van der Waals surface area contributed by atoms with Crippen molar-refractivity contribution in [1.82, 2.24) is 0 Å². The van der Waals surface area contributed by atoms with E-state index in [0.29, 0.717) is 27.7 Å².